The molecule has 0 bridgehead atoms. The van der Waals surface area contributed by atoms with Gasteiger partial charge in [0.25, 0.3) is 0 Å². The van der Waals surface area contributed by atoms with E-state index in [1.807, 2.05) is 6.92 Å². The summed E-state index contributed by atoms with van der Waals surface area (Å²) in [4.78, 5) is 25.7. The summed E-state index contributed by atoms with van der Waals surface area (Å²) >= 11 is 0. The summed E-state index contributed by atoms with van der Waals surface area (Å²) in [6.45, 7) is 6.68. The highest BCUT2D eigenvalue weighted by Crippen LogP contribution is 2.18. The number of unbranched alkanes of at least 4 members (excludes halogenated alkanes) is 24. The summed E-state index contributed by atoms with van der Waals surface area (Å²) in [6.07, 6.45) is 34.1. The number of carbonyl (C=O) groups is 2. The fourth-order valence-corrected chi connectivity index (χ4v) is 5.67. The van der Waals surface area contributed by atoms with Crippen LogP contribution >= 0.6 is 0 Å². The summed E-state index contributed by atoms with van der Waals surface area (Å²) in [6, 6.07) is 0. The van der Waals surface area contributed by atoms with Crippen molar-refractivity contribution in [3.8, 4) is 0 Å². The van der Waals surface area contributed by atoms with Gasteiger partial charge in [-0.2, -0.15) is 0 Å². The van der Waals surface area contributed by atoms with Crippen molar-refractivity contribution >= 4 is 11.8 Å². The minimum atomic E-state index is -0.965. The molecule has 0 saturated heterocycles. The van der Waals surface area contributed by atoms with Crippen molar-refractivity contribution in [1.82, 2.24) is 0 Å². The lowest BCUT2D eigenvalue weighted by Crippen LogP contribution is -2.54. The van der Waals surface area contributed by atoms with Crippen LogP contribution in [0.5, 0.6) is 0 Å². The molecule has 0 atom stereocenters. The average molecular weight is 553 g/mol. The second kappa shape index (κ2) is 28.8. The number of nitrogens with zero attached hydrogens (tertiary/aromatic N) is 1. The van der Waals surface area contributed by atoms with E-state index in [2.05, 4.69) is 13.8 Å². The topological polar surface area (TPSA) is 54.4 Å². The lowest BCUT2D eigenvalue weighted by molar-refractivity contribution is -0.975. The van der Waals surface area contributed by atoms with E-state index in [1.54, 1.807) is 0 Å². The maximum Gasteiger partial charge on any atom is 0.353 e. The van der Waals surface area contributed by atoms with E-state index in [-0.39, 0.29) is 18.4 Å². The summed E-state index contributed by atoms with van der Waals surface area (Å²) in [7, 11) is 0. The molecule has 0 rings (SSSR count). The largest absolute Gasteiger partial charge is 0.353 e. The molecule has 232 valence electrons. The molecule has 0 fully saturated rings. The lowest BCUT2D eigenvalue weighted by atomic mass is 10.0. The molecule has 0 saturated carbocycles. The predicted octanol–water partition coefficient (Wildman–Crippen LogP) is 11.6. The molecule has 0 aromatic heterocycles. The first-order chi connectivity index (χ1) is 19.0. The number of rotatable bonds is 30. The minimum absolute atomic E-state index is 0.217. The van der Waals surface area contributed by atoms with Gasteiger partial charge in [0, 0.05) is 0 Å². The standard InChI is InChI=1S/C35H70NO3/c1-4-7-9-11-13-15-17-19-21-23-25-27-29-31-34(37)36(39,33-6-3)35(38)32-30-28-26-24-22-20-18-16-14-12-10-8-5-2/h39H,4-33H2,1-3H3/q+1. The molecule has 0 aromatic rings. The SMILES string of the molecule is CCCCCCCCCCCCCCCC(=O)[N+](O)(CCC)C(=O)CCCCCCCCCCCCCCC. The highest BCUT2D eigenvalue weighted by Gasteiger charge is 2.41. The molecule has 2 amide bonds. The van der Waals surface area contributed by atoms with Crippen molar-refractivity contribution in [2.75, 3.05) is 6.54 Å². The number of carbonyl (C=O) groups excluding carboxylic acids is 2. The summed E-state index contributed by atoms with van der Waals surface area (Å²) in [5.74, 6) is -0.584. The van der Waals surface area contributed by atoms with Crippen molar-refractivity contribution in [3.05, 3.63) is 0 Å². The fourth-order valence-electron chi connectivity index (χ4n) is 5.67. The number of amides is 2. The third kappa shape index (κ3) is 22.6. The zero-order chi connectivity index (χ0) is 28.9. The Hall–Kier alpha value is -0.740. The third-order valence-corrected chi connectivity index (χ3v) is 8.36. The maximum atomic E-state index is 12.8. The molecule has 0 heterocycles. The van der Waals surface area contributed by atoms with Crippen LogP contribution in [0.15, 0.2) is 0 Å². The highest BCUT2D eigenvalue weighted by molar-refractivity contribution is 5.83. The number of quaternary nitrogens is 1. The Balaban J connectivity index is 3.85. The first kappa shape index (κ1) is 38.3. The first-order valence-corrected chi connectivity index (χ1v) is 17.7. The second-order valence-electron chi connectivity index (χ2n) is 12.3. The average Bonchev–Trinajstić information content (AvgIpc) is 2.93. The van der Waals surface area contributed by atoms with Crippen LogP contribution in [0.2, 0.25) is 0 Å². The van der Waals surface area contributed by atoms with Gasteiger partial charge in [0.15, 0.2) is 0 Å². The van der Waals surface area contributed by atoms with E-state index in [9.17, 15) is 14.8 Å². The molecule has 39 heavy (non-hydrogen) atoms. The van der Waals surface area contributed by atoms with Gasteiger partial charge in [-0.1, -0.05) is 180 Å². The highest BCUT2D eigenvalue weighted by atomic mass is 16.6. The zero-order valence-electron chi connectivity index (χ0n) is 26.9. The zero-order valence-corrected chi connectivity index (χ0v) is 26.9. The summed E-state index contributed by atoms with van der Waals surface area (Å²) < 4.78 is -0.965. The Labute approximate surface area is 244 Å². The molecule has 0 aliphatic rings. The molecule has 4 nitrogen and oxygen atoms in total. The van der Waals surface area contributed by atoms with E-state index in [0.717, 1.165) is 38.5 Å². The Kier molecular flexibility index (Phi) is 28.2. The van der Waals surface area contributed by atoms with Crippen LogP contribution in [-0.4, -0.2) is 28.2 Å². The minimum Gasteiger partial charge on any atom is -0.227 e. The molecular formula is C35H70NO3+. The van der Waals surface area contributed by atoms with Crippen molar-refractivity contribution in [2.45, 2.75) is 207 Å². The maximum absolute atomic E-state index is 12.8. The van der Waals surface area contributed by atoms with E-state index >= 15 is 0 Å². The van der Waals surface area contributed by atoms with Gasteiger partial charge in [-0.25, -0.2) is 14.8 Å². The first-order valence-electron chi connectivity index (χ1n) is 17.7. The third-order valence-electron chi connectivity index (χ3n) is 8.36. The van der Waals surface area contributed by atoms with Gasteiger partial charge in [0.05, 0.1) is 12.8 Å². The number of hydroxylamine groups is 3. The fraction of sp³-hybridized carbons (Fsp3) is 0.943. The molecular weight excluding hydrogens is 482 g/mol. The Bertz CT molecular complexity index is 506. The van der Waals surface area contributed by atoms with Crippen LogP contribution in [0.4, 0.5) is 0 Å². The van der Waals surface area contributed by atoms with Crippen LogP contribution in [0.25, 0.3) is 0 Å². The molecule has 0 aliphatic carbocycles. The molecule has 0 spiro atoms. The van der Waals surface area contributed by atoms with Crippen LogP contribution in [-0.2, 0) is 9.59 Å². The molecule has 0 aliphatic heterocycles. The van der Waals surface area contributed by atoms with E-state index in [4.69, 9.17) is 0 Å². The molecule has 0 unspecified atom stereocenters. The van der Waals surface area contributed by atoms with Crippen molar-refractivity contribution in [1.29, 1.82) is 0 Å². The van der Waals surface area contributed by atoms with Gasteiger partial charge >= 0.3 is 11.8 Å². The Morgan fingerprint density at radius 3 is 0.846 bits per heavy atom. The van der Waals surface area contributed by atoms with Gasteiger partial charge < -0.3 is 0 Å². The van der Waals surface area contributed by atoms with Crippen molar-refractivity contribution in [3.63, 3.8) is 0 Å². The lowest BCUT2D eigenvalue weighted by Gasteiger charge is -2.24. The van der Waals surface area contributed by atoms with Crippen LogP contribution in [0.3, 0.4) is 0 Å². The van der Waals surface area contributed by atoms with Crippen LogP contribution in [0, 0.1) is 0 Å². The van der Waals surface area contributed by atoms with Gasteiger partial charge in [0.1, 0.15) is 6.54 Å². The Morgan fingerprint density at radius 2 is 0.615 bits per heavy atom. The van der Waals surface area contributed by atoms with Crippen LogP contribution < -0.4 is 0 Å². The monoisotopic (exact) mass is 553 g/mol. The number of hydrogen-bond donors (Lipinski definition) is 1. The predicted molar refractivity (Wildman–Crippen MR) is 168 cm³/mol. The number of hydrogen-bond acceptors (Lipinski definition) is 3. The molecule has 0 radical (unpaired) electrons. The smallest absolute Gasteiger partial charge is 0.227 e. The summed E-state index contributed by atoms with van der Waals surface area (Å²) in [5.41, 5.74) is 0. The number of imide groups is 1. The van der Waals surface area contributed by atoms with Crippen molar-refractivity contribution < 1.29 is 19.4 Å². The van der Waals surface area contributed by atoms with Crippen LogP contribution in [0.1, 0.15) is 207 Å². The quantitative estimate of drug-likeness (QED) is 0.0417. The van der Waals surface area contributed by atoms with Gasteiger partial charge in [-0.05, 0) is 19.3 Å². The molecule has 1 N–H and O–H groups in total. The van der Waals surface area contributed by atoms with E-state index in [0.29, 0.717) is 19.3 Å². The van der Waals surface area contributed by atoms with Gasteiger partial charge in [-0.15, -0.1) is 0 Å². The Morgan fingerprint density at radius 1 is 0.385 bits per heavy atom. The van der Waals surface area contributed by atoms with E-state index < -0.39 is 4.65 Å². The molecule has 0 aromatic carbocycles. The van der Waals surface area contributed by atoms with E-state index in [1.165, 1.54) is 128 Å². The van der Waals surface area contributed by atoms with Crippen molar-refractivity contribution in [2.24, 2.45) is 0 Å². The van der Waals surface area contributed by atoms with Gasteiger partial charge in [-0.3, -0.25) is 0 Å². The van der Waals surface area contributed by atoms with Gasteiger partial charge in [0.2, 0.25) is 0 Å². The molecule has 4 heteroatoms. The normalized spacial score (nSPS) is 11.8. The summed E-state index contributed by atoms with van der Waals surface area (Å²) in [5, 5.41) is 11.0. The second-order valence-corrected chi connectivity index (χ2v) is 12.3.